The zero-order chi connectivity index (χ0) is 28.1. The summed E-state index contributed by atoms with van der Waals surface area (Å²) in [6.45, 7) is 3.26. The molecule has 3 aliphatic heterocycles. The molecule has 0 saturated carbocycles. The van der Waals surface area contributed by atoms with Crippen LogP contribution in [0.2, 0.25) is 0 Å². The average Bonchev–Trinajstić information content (AvgIpc) is 3.72. The van der Waals surface area contributed by atoms with Crippen molar-refractivity contribution in [3.63, 3.8) is 0 Å². The van der Waals surface area contributed by atoms with Gasteiger partial charge in [0.1, 0.15) is 29.8 Å². The van der Waals surface area contributed by atoms with Gasteiger partial charge in [0, 0.05) is 55.3 Å². The molecular weight excluding hydrogens is 522 g/mol. The molecule has 0 radical (unpaired) electrons. The second-order valence-corrected chi connectivity index (χ2v) is 11.5. The fourth-order valence-electron chi connectivity index (χ4n) is 6.99. The van der Waals surface area contributed by atoms with Gasteiger partial charge in [-0.1, -0.05) is 36.3 Å². The molecule has 7 nitrogen and oxygen atoms in total. The monoisotopic (exact) mass is 554 g/mol. The van der Waals surface area contributed by atoms with Crippen LogP contribution < -0.4 is 15.0 Å². The predicted octanol–water partition coefficient (Wildman–Crippen LogP) is 4.72. The van der Waals surface area contributed by atoms with Gasteiger partial charge in [0.25, 0.3) is 0 Å². The molecular formula is C32H32F2N6O. The van der Waals surface area contributed by atoms with Gasteiger partial charge in [-0.15, -0.1) is 6.42 Å². The number of fused-ring (bicyclic) bond motifs is 3. The van der Waals surface area contributed by atoms with Crippen LogP contribution in [0.4, 0.5) is 14.6 Å². The molecule has 0 aliphatic carbocycles. The number of aromatic nitrogens is 3. The van der Waals surface area contributed by atoms with Crippen LogP contribution in [0.1, 0.15) is 31.2 Å². The van der Waals surface area contributed by atoms with Crippen molar-refractivity contribution in [2.45, 2.75) is 43.4 Å². The quantitative estimate of drug-likeness (QED) is 0.346. The minimum atomic E-state index is -0.868. The van der Waals surface area contributed by atoms with Crippen LogP contribution in [0, 0.1) is 18.2 Å². The number of likely N-dealkylation sites (N-methyl/N-ethyl adjacent to an activating group) is 1. The number of ether oxygens (including phenoxy) is 1. The molecule has 2 aromatic carbocycles. The Bertz CT molecular complexity index is 1680. The minimum Gasteiger partial charge on any atom is -0.461 e. The summed E-state index contributed by atoms with van der Waals surface area (Å²) in [4.78, 5) is 18.2. The van der Waals surface area contributed by atoms with Gasteiger partial charge in [0.05, 0.1) is 10.9 Å². The standard InChI is InChI=1S/C32H32F2N6O/c1-3-20-7-4-8-21-9-5-10-24(26(20)21)28-27(34)29-25(17-36-28)30(39(2)23-11-13-35-16-23)38-31(37-29)41-19-32-12-6-14-40(32)18-22(33)15-32/h1,4-5,7-10,17,22-23,35H,6,11-16,18-19H2,2H3/t22-,23-,32+/m1/s1. The van der Waals surface area contributed by atoms with Gasteiger partial charge in [-0.25, -0.2) is 8.78 Å². The number of halogens is 2. The van der Waals surface area contributed by atoms with E-state index in [1.165, 1.54) is 0 Å². The van der Waals surface area contributed by atoms with Crippen molar-refractivity contribution in [3.8, 4) is 29.6 Å². The van der Waals surface area contributed by atoms with E-state index in [0.29, 0.717) is 35.3 Å². The minimum absolute atomic E-state index is 0.0899. The molecule has 210 valence electrons. The Morgan fingerprint density at radius 3 is 2.90 bits per heavy atom. The second-order valence-electron chi connectivity index (χ2n) is 11.5. The van der Waals surface area contributed by atoms with Gasteiger partial charge in [-0.2, -0.15) is 9.97 Å². The lowest BCUT2D eigenvalue weighted by atomic mass is 9.95. The molecule has 0 spiro atoms. The number of rotatable bonds is 6. The van der Waals surface area contributed by atoms with Crippen LogP contribution in [0.15, 0.2) is 42.6 Å². The van der Waals surface area contributed by atoms with E-state index in [9.17, 15) is 4.39 Å². The van der Waals surface area contributed by atoms with Crippen LogP contribution >= 0.6 is 0 Å². The molecule has 0 unspecified atom stereocenters. The number of nitrogens with zero attached hydrogens (tertiary/aromatic N) is 5. The maximum atomic E-state index is 16.6. The van der Waals surface area contributed by atoms with Crippen molar-refractivity contribution in [2.75, 3.05) is 44.7 Å². The van der Waals surface area contributed by atoms with Gasteiger partial charge in [-0.3, -0.25) is 9.88 Å². The van der Waals surface area contributed by atoms with Gasteiger partial charge >= 0.3 is 6.01 Å². The summed E-state index contributed by atoms with van der Waals surface area (Å²) in [7, 11) is 1.96. The van der Waals surface area contributed by atoms with E-state index in [0.717, 1.165) is 49.7 Å². The fourth-order valence-corrected chi connectivity index (χ4v) is 6.99. The topological polar surface area (TPSA) is 66.4 Å². The van der Waals surface area contributed by atoms with E-state index >= 15 is 4.39 Å². The Morgan fingerprint density at radius 2 is 2.10 bits per heavy atom. The smallest absolute Gasteiger partial charge is 0.319 e. The zero-order valence-corrected chi connectivity index (χ0v) is 23.0. The summed E-state index contributed by atoms with van der Waals surface area (Å²) in [5, 5.41) is 5.57. The van der Waals surface area contributed by atoms with Crippen molar-refractivity contribution < 1.29 is 13.5 Å². The molecule has 3 aliphatic rings. The third-order valence-electron chi connectivity index (χ3n) is 9.11. The van der Waals surface area contributed by atoms with Crippen LogP contribution in [0.25, 0.3) is 32.9 Å². The number of benzene rings is 2. The van der Waals surface area contributed by atoms with Crippen molar-refractivity contribution >= 4 is 27.5 Å². The third-order valence-corrected chi connectivity index (χ3v) is 9.11. The zero-order valence-electron chi connectivity index (χ0n) is 23.0. The molecule has 3 saturated heterocycles. The van der Waals surface area contributed by atoms with Crippen molar-refractivity contribution in [1.29, 1.82) is 0 Å². The van der Waals surface area contributed by atoms with E-state index in [4.69, 9.17) is 16.1 Å². The predicted molar refractivity (Wildman–Crippen MR) is 156 cm³/mol. The molecule has 9 heteroatoms. The summed E-state index contributed by atoms with van der Waals surface area (Å²) in [5.41, 5.74) is 1.22. The molecule has 0 bridgehead atoms. The van der Waals surface area contributed by atoms with Gasteiger partial charge in [-0.05, 0) is 43.8 Å². The molecule has 0 amide bonds. The first-order chi connectivity index (χ1) is 20.0. The number of pyridine rings is 1. The average molecular weight is 555 g/mol. The molecule has 1 N–H and O–H groups in total. The van der Waals surface area contributed by atoms with Crippen molar-refractivity contribution in [2.24, 2.45) is 0 Å². The van der Waals surface area contributed by atoms with Crippen LogP contribution in [-0.2, 0) is 0 Å². The van der Waals surface area contributed by atoms with E-state index < -0.39 is 12.0 Å². The lowest BCUT2D eigenvalue weighted by Gasteiger charge is -2.31. The fraction of sp³-hybridized carbons (Fsp3) is 0.406. The molecule has 5 heterocycles. The Hall–Kier alpha value is -3.87. The SMILES string of the molecule is C#Cc1cccc2cccc(-c3ncc4c(N(C)[C@@H]5CCNC5)nc(OC[C@@]56CCCN5C[C@H](F)C6)nc4c3F)c12. The summed E-state index contributed by atoms with van der Waals surface area (Å²) < 4.78 is 37.2. The Balaban J connectivity index is 1.35. The molecule has 2 aromatic heterocycles. The van der Waals surface area contributed by atoms with Gasteiger partial charge in [0.2, 0.25) is 0 Å². The summed E-state index contributed by atoms with van der Waals surface area (Å²) in [6.07, 6.45) is 9.83. The van der Waals surface area contributed by atoms with Crippen LogP contribution in [0.3, 0.4) is 0 Å². The molecule has 41 heavy (non-hydrogen) atoms. The first kappa shape index (κ1) is 26.1. The molecule has 4 aromatic rings. The summed E-state index contributed by atoms with van der Waals surface area (Å²) in [6, 6.07) is 11.6. The Kier molecular flexibility index (Phi) is 6.48. The Labute approximate surface area is 237 Å². The number of terminal acetylenes is 1. The largest absolute Gasteiger partial charge is 0.461 e. The number of anilines is 1. The highest BCUT2D eigenvalue weighted by Gasteiger charge is 2.49. The van der Waals surface area contributed by atoms with E-state index in [2.05, 4.69) is 31.0 Å². The maximum absolute atomic E-state index is 16.6. The lowest BCUT2D eigenvalue weighted by Crippen LogP contribution is -2.43. The second kappa shape index (κ2) is 10.2. The molecule has 3 atom stereocenters. The number of hydrogen-bond donors (Lipinski definition) is 1. The molecule has 3 fully saturated rings. The van der Waals surface area contributed by atoms with E-state index in [1.807, 2.05) is 43.4 Å². The highest BCUT2D eigenvalue weighted by atomic mass is 19.1. The maximum Gasteiger partial charge on any atom is 0.319 e. The van der Waals surface area contributed by atoms with Crippen molar-refractivity contribution in [1.82, 2.24) is 25.2 Å². The number of nitrogens with one attached hydrogen (secondary N) is 1. The molecule has 7 rings (SSSR count). The summed E-state index contributed by atoms with van der Waals surface area (Å²) >= 11 is 0. The highest BCUT2D eigenvalue weighted by Crippen LogP contribution is 2.41. The first-order valence-electron chi connectivity index (χ1n) is 14.3. The van der Waals surface area contributed by atoms with Crippen LogP contribution in [-0.4, -0.2) is 77.4 Å². The summed E-state index contributed by atoms with van der Waals surface area (Å²) in [5.74, 6) is 2.73. The highest BCUT2D eigenvalue weighted by molar-refractivity contribution is 6.02. The van der Waals surface area contributed by atoms with E-state index in [1.54, 1.807) is 6.20 Å². The van der Waals surface area contributed by atoms with Gasteiger partial charge < -0.3 is 15.0 Å². The number of alkyl halides is 1. The third kappa shape index (κ3) is 4.37. The normalized spacial score (nSPS) is 24.1. The lowest BCUT2D eigenvalue weighted by molar-refractivity contribution is 0.107. The van der Waals surface area contributed by atoms with Crippen LogP contribution in [0.5, 0.6) is 6.01 Å². The number of hydrogen-bond acceptors (Lipinski definition) is 7. The first-order valence-corrected chi connectivity index (χ1v) is 14.3. The van der Waals surface area contributed by atoms with Crippen molar-refractivity contribution in [3.05, 3.63) is 54.0 Å². The van der Waals surface area contributed by atoms with Gasteiger partial charge in [0.15, 0.2) is 5.82 Å². The Morgan fingerprint density at radius 1 is 1.24 bits per heavy atom. The van der Waals surface area contributed by atoms with E-state index in [-0.39, 0.29) is 35.4 Å².